The van der Waals surface area contributed by atoms with Gasteiger partial charge in [-0.1, -0.05) is 0 Å². The summed E-state index contributed by atoms with van der Waals surface area (Å²) < 4.78 is 27.9. The smallest absolute Gasteiger partial charge is 0.209 e. The molecule has 7 nitrogen and oxygen atoms in total. The van der Waals surface area contributed by atoms with E-state index in [1.54, 1.807) is 18.6 Å². The molecule has 0 saturated heterocycles. The van der Waals surface area contributed by atoms with E-state index < -0.39 is 10.0 Å². The molecular formula is C16H19N5O2S. The van der Waals surface area contributed by atoms with Gasteiger partial charge < -0.3 is 9.47 Å². The number of benzene rings is 1. The fraction of sp³-hybridized carbons (Fsp3) is 0.375. The Morgan fingerprint density at radius 1 is 1.46 bits per heavy atom. The van der Waals surface area contributed by atoms with Gasteiger partial charge in [0.1, 0.15) is 0 Å². The summed E-state index contributed by atoms with van der Waals surface area (Å²) in [4.78, 5) is 6.26. The van der Waals surface area contributed by atoms with Crippen molar-refractivity contribution in [3.05, 3.63) is 47.5 Å². The number of imidazole rings is 1. The van der Waals surface area contributed by atoms with Gasteiger partial charge in [0.25, 0.3) is 0 Å². The molecule has 0 radical (unpaired) electrons. The molecule has 126 valence electrons. The maximum Gasteiger partial charge on any atom is 0.209 e. The van der Waals surface area contributed by atoms with Crippen molar-refractivity contribution in [2.24, 2.45) is 7.05 Å². The zero-order chi connectivity index (χ0) is 17.3. The Hall–Kier alpha value is -2.37. The topological polar surface area (TPSA) is 91.0 Å². The van der Waals surface area contributed by atoms with Crippen LogP contribution in [0, 0.1) is 11.3 Å². The molecule has 1 aromatic carbocycles. The van der Waals surface area contributed by atoms with Gasteiger partial charge in [0.15, 0.2) is 0 Å². The fourth-order valence-electron chi connectivity index (χ4n) is 3.09. The van der Waals surface area contributed by atoms with Crippen molar-refractivity contribution in [2.45, 2.75) is 19.0 Å². The Morgan fingerprint density at radius 3 is 2.88 bits per heavy atom. The Bertz CT molecular complexity index is 897. The summed E-state index contributed by atoms with van der Waals surface area (Å²) in [5.74, 6) is 0. The number of hydrogen-bond donors (Lipinski definition) is 1. The fourth-order valence-corrected chi connectivity index (χ4v) is 3.85. The quantitative estimate of drug-likeness (QED) is 0.884. The molecule has 1 unspecified atom stereocenters. The number of aryl methyl sites for hydroxylation is 1. The molecule has 1 aliphatic rings. The molecule has 0 spiro atoms. The Labute approximate surface area is 141 Å². The van der Waals surface area contributed by atoms with Crippen LogP contribution in [0.25, 0.3) is 0 Å². The summed E-state index contributed by atoms with van der Waals surface area (Å²) in [6.07, 6.45) is 5.28. The number of nitrogens with one attached hydrogen (secondary N) is 1. The first-order chi connectivity index (χ1) is 11.4. The molecule has 1 N–H and O–H groups in total. The molecule has 1 aromatic heterocycles. The van der Waals surface area contributed by atoms with Crippen molar-refractivity contribution in [3.8, 4) is 6.07 Å². The highest BCUT2D eigenvalue weighted by atomic mass is 32.2. The van der Waals surface area contributed by atoms with Gasteiger partial charge in [-0.15, -0.1) is 0 Å². The first-order valence-electron chi connectivity index (χ1n) is 7.56. The molecule has 0 bridgehead atoms. The van der Waals surface area contributed by atoms with Crippen LogP contribution in [0.4, 0.5) is 5.69 Å². The third-order valence-corrected chi connectivity index (χ3v) is 4.87. The molecule has 0 aliphatic carbocycles. The Morgan fingerprint density at radius 2 is 2.25 bits per heavy atom. The largest absolute Gasteiger partial charge is 0.364 e. The molecule has 0 fully saturated rings. The molecule has 24 heavy (non-hydrogen) atoms. The number of nitrogens with zero attached hydrogens (tertiary/aromatic N) is 4. The third kappa shape index (κ3) is 3.58. The lowest BCUT2D eigenvalue weighted by Gasteiger charge is -2.36. The van der Waals surface area contributed by atoms with Gasteiger partial charge in [0.05, 0.1) is 36.5 Å². The summed E-state index contributed by atoms with van der Waals surface area (Å²) in [5, 5.41) is 9.11. The van der Waals surface area contributed by atoms with Crippen LogP contribution in [0.5, 0.6) is 0 Å². The van der Waals surface area contributed by atoms with Crippen LogP contribution in [0.2, 0.25) is 0 Å². The van der Waals surface area contributed by atoms with Crippen LogP contribution in [0.1, 0.15) is 16.8 Å². The minimum absolute atomic E-state index is 0.227. The van der Waals surface area contributed by atoms with Crippen molar-refractivity contribution in [1.82, 2.24) is 14.3 Å². The molecular weight excluding hydrogens is 326 g/mol. The number of aromatic nitrogens is 2. The average molecular weight is 345 g/mol. The Balaban J connectivity index is 1.95. The van der Waals surface area contributed by atoms with Crippen LogP contribution in [-0.2, 0) is 30.0 Å². The first-order valence-corrected chi connectivity index (χ1v) is 9.45. The first kappa shape index (κ1) is 16.5. The van der Waals surface area contributed by atoms with Gasteiger partial charge in [-0.3, -0.25) is 0 Å². The maximum absolute atomic E-state index is 11.6. The minimum Gasteiger partial charge on any atom is -0.364 e. The number of fused-ring (bicyclic) bond motifs is 1. The highest BCUT2D eigenvalue weighted by molar-refractivity contribution is 7.88. The monoisotopic (exact) mass is 345 g/mol. The van der Waals surface area contributed by atoms with E-state index in [-0.39, 0.29) is 6.04 Å². The van der Waals surface area contributed by atoms with Gasteiger partial charge >= 0.3 is 0 Å². The van der Waals surface area contributed by atoms with Crippen LogP contribution in [0.15, 0.2) is 30.7 Å². The standard InChI is InChI=1S/C16H19N5O2S/c1-20-11-18-8-15(20)10-21-9-14(19-24(2,22)23)6-13-5-12(7-17)3-4-16(13)21/h3-5,8,11,14,19H,6,9-10H2,1-2H3. The van der Waals surface area contributed by atoms with Crippen LogP contribution in [-0.4, -0.2) is 36.8 Å². The van der Waals surface area contributed by atoms with Gasteiger partial charge in [0.2, 0.25) is 10.0 Å². The van der Waals surface area contributed by atoms with Gasteiger partial charge in [-0.25, -0.2) is 18.1 Å². The van der Waals surface area contributed by atoms with Crippen molar-refractivity contribution in [3.63, 3.8) is 0 Å². The molecule has 0 amide bonds. The highest BCUT2D eigenvalue weighted by Crippen LogP contribution is 2.29. The molecule has 8 heteroatoms. The van der Waals surface area contributed by atoms with Gasteiger partial charge in [-0.2, -0.15) is 5.26 Å². The predicted octanol–water partition coefficient (Wildman–Crippen LogP) is 0.772. The lowest BCUT2D eigenvalue weighted by Crippen LogP contribution is -2.47. The lowest BCUT2D eigenvalue weighted by molar-refractivity contribution is 0.525. The summed E-state index contributed by atoms with van der Waals surface area (Å²) in [6.45, 7) is 1.19. The molecule has 1 aliphatic heterocycles. The van der Waals surface area contributed by atoms with E-state index in [0.717, 1.165) is 16.9 Å². The Kier molecular flexibility index (Phi) is 4.30. The van der Waals surface area contributed by atoms with E-state index in [1.807, 2.05) is 23.7 Å². The zero-order valence-electron chi connectivity index (χ0n) is 13.6. The SMILES string of the molecule is Cn1cncc1CN1CC(NS(C)(=O)=O)Cc2cc(C#N)ccc21. The molecule has 0 saturated carbocycles. The molecule has 2 heterocycles. The van der Waals surface area contributed by atoms with E-state index >= 15 is 0 Å². The number of rotatable bonds is 4. The van der Waals surface area contributed by atoms with Crippen molar-refractivity contribution in [1.29, 1.82) is 5.26 Å². The third-order valence-electron chi connectivity index (χ3n) is 4.11. The predicted molar refractivity (Wildman–Crippen MR) is 90.9 cm³/mol. The van der Waals surface area contributed by atoms with E-state index in [9.17, 15) is 8.42 Å². The van der Waals surface area contributed by atoms with Crippen molar-refractivity contribution in [2.75, 3.05) is 17.7 Å². The van der Waals surface area contributed by atoms with E-state index in [4.69, 9.17) is 5.26 Å². The second kappa shape index (κ2) is 6.26. The van der Waals surface area contributed by atoms with E-state index in [1.165, 1.54) is 6.26 Å². The van der Waals surface area contributed by atoms with Crippen LogP contribution >= 0.6 is 0 Å². The summed E-state index contributed by atoms with van der Waals surface area (Å²) in [5.41, 5.74) is 3.62. The van der Waals surface area contributed by atoms with E-state index in [0.29, 0.717) is 25.1 Å². The summed E-state index contributed by atoms with van der Waals surface area (Å²) in [6, 6.07) is 7.47. The highest BCUT2D eigenvalue weighted by Gasteiger charge is 2.27. The molecule has 2 aromatic rings. The molecule has 3 rings (SSSR count). The maximum atomic E-state index is 11.6. The van der Waals surface area contributed by atoms with Crippen LogP contribution < -0.4 is 9.62 Å². The zero-order valence-corrected chi connectivity index (χ0v) is 14.4. The van der Waals surface area contributed by atoms with Gasteiger partial charge in [-0.05, 0) is 30.2 Å². The van der Waals surface area contributed by atoms with Gasteiger partial charge in [0, 0.05) is 31.5 Å². The normalized spacial score (nSPS) is 17.4. The summed E-state index contributed by atoms with van der Waals surface area (Å²) >= 11 is 0. The van der Waals surface area contributed by atoms with Crippen molar-refractivity contribution >= 4 is 15.7 Å². The number of hydrogen-bond acceptors (Lipinski definition) is 5. The van der Waals surface area contributed by atoms with E-state index in [2.05, 4.69) is 20.7 Å². The average Bonchev–Trinajstić information content (AvgIpc) is 2.90. The number of sulfonamides is 1. The summed E-state index contributed by atoms with van der Waals surface area (Å²) in [7, 11) is -1.37. The number of nitriles is 1. The minimum atomic E-state index is -3.29. The molecule has 1 atom stereocenters. The lowest BCUT2D eigenvalue weighted by atomic mass is 9.96. The van der Waals surface area contributed by atoms with Crippen molar-refractivity contribution < 1.29 is 8.42 Å². The number of anilines is 1. The second-order valence-corrected chi connectivity index (χ2v) is 7.90. The van der Waals surface area contributed by atoms with Crippen LogP contribution in [0.3, 0.4) is 0 Å². The second-order valence-electron chi connectivity index (χ2n) is 6.12.